The van der Waals surface area contributed by atoms with Crippen LogP contribution in [0.25, 0.3) is 5.65 Å². The van der Waals surface area contributed by atoms with Gasteiger partial charge >= 0.3 is 6.18 Å². The summed E-state index contributed by atoms with van der Waals surface area (Å²) in [7, 11) is 0. The van der Waals surface area contributed by atoms with E-state index in [0.29, 0.717) is 17.8 Å². The molecule has 8 heteroatoms. The van der Waals surface area contributed by atoms with Crippen molar-refractivity contribution in [3.63, 3.8) is 0 Å². The minimum atomic E-state index is -4.56. The highest BCUT2D eigenvalue weighted by Gasteiger charge is 2.38. The molecule has 3 heterocycles. The van der Waals surface area contributed by atoms with Gasteiger partial charge in [0.25, 0.3) is 5.82 Å². The van der Waals surface area contributed by atoms with E-state index in [1.807, 2.05) is 0 Å². The Kier molecular flexibility index (Phi) is 4.16. The zero-order valence-corrected chi connectivity index (χ0v) is 13.2. The van der Waals surface area contributed by atoms with E-state index in [-0.39, 0.29) is 5.65 Å². The van der Waals surface area contributed by atoms with E-state index in [0.717, 1.165) is 36.7 Å². The van der Waals surface area contributed by atoms with Crippen LogP contribution in [-0.4, -0.2) is 32.4 Å². The third-order valence-electron chi connectivity index (χ3n) is 4.25. The molecule has 0 aromatic carbocycles. The Morgan fingerprint density at radius 1 is 1.26 bits per heavy atom. The number of halogens is 3. The first-order chi connectivity index (χ1) is 10.9. The highest BCUT2D eigenvalue weighted by atomic mass is 19.4. The Hall–Kier alpha value is -1.86. The van der Waals surface area contributed by atoms with Crippen LogP contribution in [0, 0.1) is 5.92 Å². The molecule has 0 amide bonds. The van der Waals surface area contributed by atoms with E-state index >= 15 is 0 Å². The van der Waals surface area contributed by atoms with Crippen molar-refractivity contribution in [2.45, 2.75) is 51.7 Å². The topological polar surface area (TPSA) is 46.3 Å². The molecule has 0 spiro atoms. The molecule has 23 heavy (non-hydrogen) atoms. The molecule has 5 nitrogen and oxygen atoms in total. The van der Waals surface area contributed by atoms with Crippen molar-refractivity contribution in [1.82, 2.24) is 19.8 Å². The lowest BCUT2D eigenvalue weighted by atomic mass is 10.0. The summed E-state index contributed by atoms with van der Waals surface area (Å²) >= 11 is 0. The van der Waals surface area contributed by atoms with Gasteiger partial charge < -0.3 is 4.90 Å². The fraction of sp³-hybridized carbons (Fsp3) is 0.667. The Morgan fingerprint density at radius 2 is 2.04 bits per heavy atom. The van der Waals surface area contributed by atoms with E-state index in [2.05, 4.69) is 34.0 Å². The van der Waals surface area contributed by atoms with Gasteiger partial charge in [0.05, 0.1) is 0 Å². The third-order valence-corrected chi connectivity index (χ3v) is 4.25. The Labute approximate surface area is 132 Å². The molecule has 2 aromatic rings. The van der Waals surface area contributed by atoms with E-state index in [1.54, 1.807) is 12.1 Å². The van der Waals surface area contributed by atoms with Crippen LogP contribution in [0.1, 0.15) is 45.4 Å². The van der Waals surface area contributed by atoms with Crippen LogP contribution < -0.4 is 4.90 Å². The van der Waals surface area contributed by atoms with Crippen LogP contribution in [0.4, 0.5) is 19.0 Å². The zero-order chi connectivity index (χ0) is 16.6. The van der Waals surface area contributed by atoms with E-state index < -0.39 is 12.0 Å². The smallest absolute Gasteiger partial charge is 0.352 e. The van der Waals surface area contributed by atoms with E-state index in [9.17, 15) is 13.2 Å². The van der Waals surface area contributed by atoms with E-state index in [1.165, 1.54) is 0 Å². The molecule has 0 bridgehead atoms. The van der Waals surface area contributed by atoms with Gasteiger partial charge in [-0.15, -0.1) is 15.3 Å². The van der Waals surface area contributed by atoms with Gasteiger partial charge in [0.2, 0.25) is 0 Å². The summed E-state index contributed by atoms with van der Waals surface area (Å²) in [5.74, 6) is 0.101. The Bertz CT molecular complexity index is 679. The maximum absolute atomic E-state index is 13.0. The van der Waals surface area contributed by atoms with Crippen LogP contribution in [0.15, 0.2) is 12.1 Å². The van der Waals surface area contributed by atoms with Gasteiger partial charge in [-0.05, 0) is 43.7 Å². The van der Waals surface area contributed by atoms with Crippen molar-refractivity contribution in [3.8, 4) is 0 Å². The maximum Gasteiger partial charge on any atom is 0.453 e. The molecule has 1 unspecified atom stereocenters. The van der Waals surface area contributed by atoms with Crippen LogP contribution >= 0.6 is 0 Å². The number of nitrogens with zero attached hydrogens (tertiary/aromatic N) is 5. The second kappa shape index (κ2) is 5.98. The number of anilines is 1. The average Bonchev–Trinajstić information content (AvgIpc) is 3.10. The summed E-state index contributed by atoms with van der Waals surface area (Å²) in [6, 6.07) is 3.62. The van der Waals surface area contributed by atoms with Crippen LogP contribution in [0.3, 0.4) is 0 Å². The summed E-state index contributed by atoms with van der Waals surface area (Å²) in [5.41, 5.74) is 0.110. The lowest BCUT2D eigenvalue weighted by Gasteiger charge is -2.26. The van der Waals surface area contributed by atoms with Crippen molar-refractivity contribution in [3.05, 3.63) is 18.0 Å². The molecule has 1 saturated heterocycles. The molecule has 0 aliphatic carbocycles. The number of alkyl halides is 3. The van der Waals surface area contributed by atoms with Crippen LogP contribution in [0.5, 0.6) is 0 Å². The predicted octanol–water partition coefficient (Wildman–Crippen LogP) is 3.55. The highest BCUT2D eigenvalue weighted by molar-refractivity contribution is 5.47. The zero-order valence-electron chi connectivity index (χ0n) is 13.2. The molecule has 3 rings (SSSR count). The molecule has 1 fully saturated rings. The molecule has 0 radical (unpaired) electrons. The second-order valence-electron chi connectivity index (χ2n) is 6.44. The first-order valence-corrected chi connectivity index (χ1v) is 7.92. The summed E-state index contributed by atoms with van der Waals surface area (Å²) in [5, 5.41) is 10.9. The molecule has 1 atom stereocenters. The summed E-state index contributed by atoms with van der Waals surface area (Å²) in [6.07, 6.45) is -0.333. The lowest BCUT2D eigenvalue weighted by molar-refractivity contribution is -0.146. The number of aromatic nitrogens is 4. The predicted molar refractivity (Wildman–Crippen MR) is 80.2 cm³/mol. The fourth-order valence-corrected chi connectivity index (χ4v) is 3.07. The van der Waals surface area contributed by atoms with Crippen molar-refractivity contribution in [2.24, 2.45) is 5.92 Å². The molecule has 1 aliphatic heterocycles. The number of hydrogen-bond donors (Lipinski definition) is 0. The highest BCUT2D eigenvalue weighted by Crippen LogP contribution is 2.30. The fourth-order valence-electron chi connectivity index (χ4n) is 3.07. The van der Waals surface area contributed by atoms with Gasteiger partial charge in [-0.2, -0.15) is 17.7 Å². The Morgan fingerprint density at radius 3 is 2.74 bits per heavy atom. The van der Waals surface area contributed by atoms with Crippen LogP contribution in [0.2, 0.25) is 0 Å². The number of hydrogen-bond acceptors (Lipinski definition) is 4. The van der Waals surface area contributed by atoms with Gasteiger partial charge in [0.1, 0.15) is 5.82 Å². The monoisotopic (exact) mass is 327 g/mol. The molecule has 2 aromatic heterocycles. The number of fused-ring (bicyclic) bond motifs is 1. The first kappa shape index (κ1) is 16.0. The molecule has 0 saturated carbocycles. The van der Waals surface area contributed by atoms with Gasteiger partial charge in [-0.25, -0.2) is 0 Å². The van der Waals surface area contributed by atoms with Crippen molar-refractivity contribution >= 4 is 11.5 Å². The Balaban J connectivity index is 1.90. The largest absolute Gasteiger partial charge is 0.453 e. The molecular formula is C15H20F3N5. The maximum atomic E-state index is 13.0. The van der Waals surface area contributed by atoms with E-state index in [4.69, 9.17) is 0 Å². The summed E-state index contributed by atoms with van der Waals surface area (Å²) in [4.78, 5) is 2.11. The molecule has 126 valence electrons. The van der Waals surface area contributed by atoms with Crippen molar-refractivity contribution < 1.29 is 13.2 Å². The standard InChI is InChI=1S/C15H20F3N5/c1-10(2)5-6-11-4-3-9-22(11)13-8-7-12-19-20-14(15(16,17)18)23(12)21-13/h7-8,10-11H,3-6,9H2,1-2H3. The van der Waals surface area contributed by atoms with Gasteiger partial charge in [-0.3, -0.25) is 0 Å². The summed E-state index contributed by atoms with van der Waals surface area (Å²) in [6.45, 7) is 5.18. The molecule has 0 N–H and O–H groups in total. The quantitative estimate of drug-likeness (QED) is 0.861. The van der Waals surface area contributed by atoms with Gasteiger partial charge in [0.15, 0.2) is 5.65 Å². The van der Waals surface area contributed by atoms with Gasteiger partial charge in [0, 0.05) is 12.6 Å². The summed E-state index contributed by atoms with van der Waals surface area (Å²) < 4.78 is 39.7. The van der Waals surface area contributed by atoms with Crippen molar-refractivity contribution in [2.75, 3.05) is 11.4 Å². The minimum absolute atomic E-state index is 0.110. The lowest BCUT2D eigenvalue weighted by Crippen LogP contribution is -2.30. The normalized spacial score (nSPS) is 19.2. The van der Waals surface area contributed by atoms with Crippen molar-refractivity contribution in [1.29, 1.82) is 0 Å². The first-order valence-electron chi connectivity index (χ1n) is 7.92. The molecular weight excluding hydrogens is 307 g/mol. The second-order valence-corrected chi connectivity index (χ2v) is 6.44. The SMILES string of the molecule is CC(C)CCC1CCCN1c1ccc2nnc(C(F)(F)F)n2n1. The van der Waals surface area contributed by atoms with Crippen LogP contribution in [-0.2, 0) is 6.18 Å². The molecule has 1 aliphatic rings. The minimum Gasteiger partial charge on any atom is -0.352 e. The van der Waals surface area contributed by atoms with Gasteiger partial charge in [-0.1, -0.05) is 13.8 Å². The number of rotatable bonds is 4. The third kappa shape index (κ3) is 3.25. The average molecular weight is 327 g/mol.